The molecule has 0 unspecified atom stereocenters. The molecule has 2 N–H and O–H groups in total. The first-order valence-electron chi connectivity index (χ1n) is 7.81. The molecule has 0 atom stereocenters. The van der Waals surface area contributed by atoms with Crippen molar-refractivity contribution >= 4 is 45.4 Å². The molecule has 2 aromatic carbocycles. The maximum absolute atomic E-state index is 12.3. The lowest BCUT2D eigenvalue weighted by molar-refractivity contribution is -0.384. The molecule has 1 heterocycles. The Morgan fingerprint density at radius 2 is 2.04 bits per heavy atom. The first kappa shape index (κ1) is 18.7. The van der Waals surface area contributed by atoms with Crippen LogP contribution in [0.2, 0.25) is 5.02 Å². The van der Waals surface area contributed by atoms with Gasteiger partial charge in [-0.15, -0.1) is 10.2 Å². The molecule has 138 valence electrons. The summed E-state index contributed by atoms with van der Waals surface area (Å²) in [5.74, 6) is -0.494. The van der Waals surface area contributed by atoms with E-state index in [1.54, 1.807) is 19.1 Å². The second-order valence-corrected chi connectivity index (χ2v) is 7.10. The van der Waals surface area contributed by atoms with Gasteiger partial charge >= 0.3 is 0 Å². The van der Waals surface area contributed by atoms with Crippen LogP contribution >= 0.6 is 22.9 Å². The maximum Gasteiger partial charge on any atom is 0.293 e. The summed E-state index contributed by atoms with van der Waals surface area (Å²) >= 11 is 7.32. The number of nitro benzene ring substituents is 1. The molecule has 10 heteroatoms. The van der Waals surface area contributed by atoms with Gasteiger partial charge in [0.05, 0.1) is 4.92 Å². The molecule has 0 saturated carbocycles. The zero-order valence-electron chi connectivity index (χ0n) is 14.1. The van der Waals surface area contributed by atoms with E-state index in [-0.39, 0.29) is 11.3 Å². The highest BCUT2D eigenvalue weighted by molar-refractivity contribution is 7.15. The van der Waals surface area contributed by atoms with Gasteiger partial charge in [-0.1, -0.05) is 41.1 Å². The van der Waals surface area contributed by atoms with Crippen LogP contribution in [-0.2, 0) is 6.54 Å². The van der Waals surface area contributed by atoms with Gasteiger partial charge in [-0.2, -0.15) is 0 Å². The van der Waals surface area contributed by atoms with E-state index in [1.165, 1.54) is 29.5 Å². The van der Waals surface area contributed by atoms with E-state index in [4.69, 9.17) is 11.6 Å². The zero-order chi connectivity index (χ0) is 19.4. The monoisotopic (exact) mass is 403 g/mol. The van der Waals surface area contributed by atoms with E-state index in [0.717, 1.165) is 5.56 Å². The van der Waals surface area contributed by atoms with Crippen molar-refractivity contribution in [1.29, 1.82) is 0 Å². The largest absolute Gasteiger partial charge is 0.375 e. The number of nitro groups is 1. The Morgan fingerprint density at radius 3 is 2.70 bits per heavy atom. The summed E-state index contributed by atoms with van der Waals surface area (Å²) in [6.45, 7) is 2.08. The zero-order valence-corrected chi connectivity index (χ0v) is 15.7. The second-order valence-electron chi connectivity index (χ2n) is 5.51. The molecule has 0 spiro atoms. The summed E-state index contributed by atoms with van der Waals surface area (Å²) < 4.78 is 0. The van der Waals surface area contributed by atoms with E-state index < -0.39 is 10.8 Å². The van der Waals surface area contributed by atoms with E-state index in [2.05, 4.69) is 20.8 Å². The summed E-state index contributed by atoms with van der Waals surface area (Å²) in [5, 5.41) is 26.2. The Labute approximate surface area is 163 Å². The van der Waals surface area contributed by atoms with Crippen LogP contribution in [0.1, 0.15) is 20.9 Å². The summed E-state index contributed by atoms with van der Waals surface area (Å²) in [6, 6.07) is 11.4. The Hall–Kier alpha value is -3.04. The number of nitrogens with one attached hydrogen (secondary N) is 2. The molecule has 1 amide bonds. The average molecular weight is 404 g/mol. The Bertz CT molecular complexity index is 1010. The lowest BCUT2D eigenvalue weighted by Gasteiger charge is -2.10. The minimum Gasteiger partial charge on any atom is -0.375 e. The first-order chi connectivity index (χ1) is 12.9. The predicted octanol–water partition coefficient (Wildman–Crippen LogP) is 4.27. The van der Waals surface area contributed by atoms with Crippen LogP contribution in [-0.4, -0.2) is 21.0 Å². The molecule has 0 aliphatic rings. The Kier molecular flexibility index (Phi) is 5.63. The highest BCUT2D eigenvalue weighted by Gasteiger charge is 2.18. The van der Waals surface area contributed by atoms with Crippen molar-refractivity contribution in [2.45, 2.75) is 13.5 Å². The van der Waals surface area contributed by atoms with Gasteiger partial charge in [0.2, 0.25) is 5.13 Å². The fourth-order valence-electron chi connectivity index (χ4n) is 2.32. The van der Waals surface area contributed by atoms with Gasteiger partial charge in [-0.25, -0.2) is 0 Å². The van der Waals surface area contributed by atoms with E-state index in [1.807, 2.05) is 12.1 Å². The van der Waals surface area contributed by atoms with Gasteiger partial charge in [0.1, 0.15) is 10.7 Å². The number of rotatable bonds is 6. The summed E-state index contributed by atoms with van der Waals surface area (Å²) in [6.07, 6.45) is 0. The van der Waals surface area contributed by atoms with Crippen LogP contribution < -0.4 is 10.6 Å². The number of amides is 1. The fourth-order valence-corrected chi connectivity index (χ4v) is 3.11. The number of carbonyl (C=O) groups is 1. The van der Waals surface area contributed by atoms with Gasteiger partial charge < -0.3 is 5.32 Å². The quantitative estimate of drug-likeness (QED) is 0.469. The van der Waals surface area contributed by atoms with E-state index in [9.17, 15) is 14.9 Å². The van der Waals surface area contributed by atoms with E-state index >= 15 is 0 Å². The average Bonchev–Trinajstić information content (AvgIpc) is 3.05. The number of carbonyl (C=O) groups excluding carboxylic acids is 1. The SMILES string of the molecule is Cc1nnc(NC(=O)c2ccc(NCc3ccccc3Cl)c([N+](=O)[O-])c2)s1. The van der Waals surface area contributed by atoms with Gasteiger partial charge in [0, 0.05) is 23.2 Å². The smallest absolute Gasteiger partial charge is 0.293 e. The van der Waals surface area contributed by atoms with Crippen LogP contribution in [0.25, 0.3) is 0 Å². The summed E-state index contributed by atoms with van der Waals surface area (Å²) in [4.78, 5) is 23.2. The lowest BCUT2D eigenvalue weighted by Crippen LogP contribution is -2.12. The predicted molar refractivity (Wildman–Crippen MR) is 104 cm³/mol. The van der Waals surface area contributed by atoms with Crippen molar-refractivity contribution in [3.63, 3.8) is 0 Å². The molecule has 1 aromatic heterocycles. The van der Waals surface area contributed by atoms with Crippen molar-refractivity contribution in [3.8, 4) is 0 Å². The normalized spacial score (nSPS) is 10.4. The molecule has 3 aromatic rings. The Balaban J connectivity index is 1.79. The number of hydrogen-bond acceptors (Lipinski definition) is 7. The minimum atomic E-state index is -0.541. The Morgan fingerprint density at radius 1 is 1.26 bits per heavy atom. The molecular weight excluding hydrogens is 390 g/mol. The van der Waals surface area contributed by atoms with E-state index in [0.29, 0.717) is 27.4 Å². The number of anilines is 2. The van der Waals surface area contributed by atoms with Crippen molar-refractivity contribution in [3.05, 3.63) is 73.7 Å². The van der Waals surface area contributed by atoms with Crippen molar-refractivity contribution in [2.24, 2.45) is 0 Å². The highest BCUT2D eigenvalue weighted by Crippen LogP contribution is 2.27. The maximum atomic E-state index is 12.3. The molecule has 0 bridgehead atoms. The topological polar surface area (TPSA) is 110 Å². The van der Waals surface area contributed by atoms with Crippen molar-refractivity contribution in [2.75, 3.05) is 10.6 Å². The second kappa shape index (κ2) is 8.11. The summed E-state index contributed by atoms with van der Waals surface area (Å²) in [5.41, 5.74) is 1.05. The van der Waals surface area contributed by atoms with Crippen LogP contribution in [0, 0.1) is 17.0 Å². The molecular formula is C17H14ClN5O3S. The standard InChI is InChI=1S/C17H14ClN5O3S/c1-10-21-22-17(27-10)20-16(24)11-6-7-14(15(8-11)23(25)26)19-9-12-4-2-3-5-13(12)18/h2-8,19H,9H2,1H3,(H,20,22,24). The molecule has 3 rings (SSSR count). The number of benzene rings is 2. The minimum absolute atomic E-state index is 0.151. The fraction of sp³-hybridized carbons (Fsp3) is 0.118. The molecule has 0 radical (unpaired) electrons. The van der Waals surface area contributed by atoms with Gasteiger partial charge in [0.25, 0.3) is 11.6 Å². The highest BCUT2D eigenvalue weighted by atomic mass is 35.5. The van der Waals surface area contributed by atoms with Crippen LogP contribution in [0.15, 0.2) is 42.5 Å². The van der Waals surface area contributed by atoms with Gasteiger partial charge in [-0.3, -0.25) is 20.2 Å². The molecule has 8 nitrogen and oxygen atoms in total. The third-order valence-electron chi connectivity index (χ3n) is 3.63. The summed E-state index contributed by atoms with van der Waals surface area (Å²) in [7, 11) is 0. The number of aryl methyl sites for hydroxylation is 1. The third kappa shape index (κ3) is 4.57. The molecule has 0 fully saturated rings. The molecule has 0 saturated heterocycles. The van der Waals surface area contributed by atoms with Gasteiger partial charge in [-0.05, 0) is 30.7 Å². The van der Waals surface area contributed by atoms with Crippen molar-refractivity contribution in [1.82, 2.24) is 10.2 Å². The number of aromatic nitrogens is 2. The third-order valence-corrected chi connectivity index (χ3v) is 4.75. The van der Waals surface area contributed by atoms with Crippen LogP contribution in [0.4, 0.5) is 16.5 Å². The number of halogens is 1. The first-order valence-corrected chi connectivity index (χ1v) is 9.00. The van der Waals surface area contributed by atoms with Crippen LogP contribution in [0.5, 0.6) is 0 Å². The van der Waals surface area contributed by atoms with Gasteiger partial charge in [0.15, 0.2) is 0 Å². The van der Waals surface area contributed by atoms with Crippen LogP contribution in [0.3, 0.4) is 0 Å². The number of hydrogen-bond donors (Lipinski definition) is 2. The van der Waals surface area contributed by atoms with Crippen molar-refractivity contribution < 1.29 is 9.72 Å². The molecule has 0 aliphatic heterocycles. The molecule has 0 aliphatic carbocycles. The number of nitrogens with zero attached hydrogens (tertiary/aromatic N) is 3. The molecule has 27 heavy (non-hydrogen) atoms. The lowest BCUT2D eigenvalue weighted by atomic mass is 10.1.